The molecule has 0 N–H and O–H groups in total. The maximum absolute atomic E-state index is 6.01. The van der Waals surface area contributed by atoms with Crippen molar-refractivity contribution in [1.29, 1.82) is 0 Å². The smallest absolute Gasteiger partial charge is 0.0624 e. The Morgan fingerprint density at radius 3 is 2.88 bits per heavy atom. The molecule has 0 fully saturated rings. The number of hydrogen-bond acceptors (Lipinski definition) is 2. The predicted molar refractivity (Wildman–Crippen MR) is 70.2 cm³/mol. The lowest BCUT2D eigenvalue weighted by atomic mass is 10.0. The second kappa shape index (κ2) is 4.80. The maximum atomic E-state index is 6.01. The van der Waals surface area contributed by atoms with Gasteiger partial charge in [0.1, 0.15) is 0 Å². The summed E-state index contributed by atoms with van der Waals surface area (Å²) in [6.07, 6.45) is 1.06. The van der Waals surface area contributed by atoms with Gasteiger partial charge in [-0.05, 0) is 31.9 Å². The molecule has 0 aromatic heterocycles. The van der Waals surface area contributed by atoms with Crippen molar-refractivity contribution in [3.05, 3.63) is 29.8 Å². The Balaban J connectivity index is 1.99. The van der Waals surface area contributed by atoms with Gasteiger partial charge in [0.2, 0.25) is 0 Å². The minimum atomic E-state index is 0.0161. The van der Waals surface area contributed by atoms with Gasteiger partial charge in [-0.15, -0.1) is 11.8 Å². The maximum Gasteiger partial charge on any atom is 0.0624 e. The van der Waals surface area contributed by atoms with Crippen LogP contribution in [0.4, 0.5) is 0 Å². The minimum Gasteiger partial charge on any atom is -0.375 e. The molecule has 2 rings (SSSR count). The SMILES string of the molecule is CCC(C)(C)OCC1CSc2ccccc21. The van der Waals surface area contributed by atoms with Crippen molar-refractivity contribution >= 4 is 11.8 Å². The van der Waals surface area contributed by atoms with E-state index < -0.39 is 0 Å². The van der Waals surface area contributed by atoms with Gasteiger partial charge in [-0.25, -0.2) is 0 Å². The van der Waals surface area contributed by atoms with E-state index in [9.17, 15) is 0 Å². The Kier molecular flexibility index (Phi) is 3.60. The highest BCUT2D eigenvalue weighted by Crippen LogP contribution is 2.39. The second-order valence-electron chi connectivity index (χ2n) is 4.97. The standard InChI is InChI=1S/C14H20OS/c1-4-14(2,3)15-9-11-10-16-13-8-6-5-7-12(11)13/h5-8,11H,4,9-10H2,1-3H3. The van der Waals surface area contributed by atoms with Crippen molar-refractivity contribution in [1.82, 2.24) is 0 Å². The predicted octanol–water partition coefficient (Wildman–Crippen LogP) is 4.08. The lowest BCUT2D eigenvalue weighted by Crippen LogP contribution is -2.25. The largest absolute Gasteiger partial charge is 0.375 e. The highest BCUT2D eigenvalue weighted by molar-refractivity contribution is 7.99. The molecule has 0 bridgehead atoms. The van der Waals surface area contributed by atoms with Crippen molar-refractivity contribution in [2.75, 3.05) is 12.4 Å². The summed E-state index contributed by atoms with van der Waals surface area (Å²) >= 11 is 1.95. The van der Waals surface area contributed by atoms with Crippen LogP contribution in [0.3, 0.4) is 0 Å². The summed E-state index contributed by atoms with van der Waals surface area (Å²) < 4.78 is 6.01. The molecule has 1 aliphatic rings. The first-order chi connectivity index (χ1) is 7.62. The van der Waals surface area contributed by atoms with Crippen molar-refractivity contribution < 1.29 is 4.74 Å². The van der Waals surface area contributed by atoms with Gasteiger partial charge in [0.15, 0.2) is 0 Å². The van der Waals surface area contributed by atoms with E-state index in [0.29, 0.717) is 5.92 Å². The summed E-state index contributed by atoms with van der Waals surface area (Å²) in [6, 6.07) is 8.70. The van der Waals surface area contributed by atoms with Crippen LogP contribution in [0.5, 0.6) is 0 Å². The average molecular weight is 236 g/mol. The van der Waals surface area contributed by atoms with Gasteiger partial charge in [-0.1, -0.05) is 25.1 Å². The Bertz CT molecular complexity index is 360. The summed E-state index contributed by atoms with van der Waals surface area (Å²) in [7, 11) is 0. The summed E-state index contributed by atoms with van der Waals surface area (Å²) in [4.78, 5) is 1.44. The van der Waals surface area contributed by atoms with Crippen LogP contribution >= 0.6 is 11.8 Å². The Hall–Kier alpha value is -0.470. The van der Waals surface area contributed by atoms with Crippen LogP contribution in [-0.2, 0) is 4.74 Å². The molecule has 88 valence electrons. The molecule has 1 aliphatic heterocycles. The number of thioether (sulfide) groups is 1. The van der Waals surface area contributed by atoms with Crippen LogP contribution in [0.2, 0.25) is 0 Å². The molecule has 1 aromatic carbocycles. The zero-order chi connectivity index (χ0) is 11.6. The van der Waals surface area contributed by atoms with Crippen LogP contribution in [0.25, 0.3) is 0 Å². The van der Waals surface area contributed by atoms with Crippen molar-refractivity contribution in [2.45, 2.75) is 43.6 Å². The zero-order valence-electron chi connectivity index (χ0n) is 10.3. The summed E-state index contributed by atoms with van der Waals surface area (Å²) in [5.41, 5.74) is 1.49. The number of rotatable bonds is 4. The van der Waals surface area contributed by atoms with Gasteiger partial charge in [-0.3, -0.25) is 0 Å². The third-order valence-electron chi connectivity index (χ3n) is 3.33. The van der Waals surface area contributed by atoms with E-state index in [0.717, 1.165) is 13.0 Å². The van der Waals surface area contributed by atoms with Gasteiger partial charge >= 0.3 is 0 Å². The first kappa shape index (κ1) is 12.0. The molecular formula is C14H20OS. The second-order valence-corrected chi connectivity index (χ2v) is 6.03. The third-order valence-corrected chi connectivity index (χ3v) is 4.58. The molecule has 0 spiro atoms. The van der Waals surface area contributed by atoms with Gasteiger partial charge in [0, 0.05) is 16.6 Å². The van der Waals surface area contributed by atoms with E-state index in [1.807, 2.05) is 11.8 Å². The minimum absolute atomic E-state index is 0.0161. The molecule has 0 saturated carbocycles. The highest BCUT2D eigenvalue weighted by Gasteiger charge is 2.25. The summed E-state index contributed by atoms with van der Waals surface area (Å²) in [5, 5.41) is 0. The highest BCUT2D eigenvalue weighted by atomic mass is 32.2. The van der Waals surface area contributed by atoms with Gasteiger partial charge in [0.25, 0.3) is 0 Å². The molecule has 1 aromatic rings. The number of benzene rings is 1. The molecule has 1 atom stereocenters. The fourth-order valence-electron chi connectivity index (χ4n) is 1.80. The number of hydrogen-bond donors (Lipinski definition) is 0. The molecule has 1 nitrogen and oxygen atoms in total. The van der Waals surface area contributed by atoms with Crippen LogP contribution in [0.15, 0.2) is 29.2 Å². The third kappa shape index (κ3) is 2.61. The molecule has 0 radical (unpaired) electrons. The van der Waals surface area contributed by atoms with Crippen molar-refractivity contribution in [2.24, 2.45) is 0 Å². The molecule has 0 amide bonds. The Morgan fingerprint density at radius 1 is 1.38 bits per heavy atom. The number of fused-ring (bicyclic) bond motifs is 1. The van der Waals surface area contributed by atoms with E-state index in [1.165, 1.54) is 16.2 Å². The molecule has 2 heteroatoms. The van der Waals surface area contributed by atoms with Crippen molar-refractivity contribution in [3.63, 3.8) is 0 Å². The van der Waals surface area contributed by atoms with Crippen LogP contribution in [0.1, 0.15) is 38.7 Å². The van der Waals surface area contributed by atoms with Gasteiger partial charge < -0.3 is 4.74 Å². The molecule has 1 unspecified atom stereocenters. The Morgan fingerprint density at radius 2 is 2.12 bits per heavy atom. The van der Waals surface area contributed by atoms with Crippen molar-refractivity contribution in [3.8, 4) is 0 Å². The van der Waals surface area contributed by atoms with E-state index in [4.69, 9.17) is 4.74 Å². The molecule has 1 heterocycles. The molecule has 16 heavy (non-hydrogen) atoms. The van der Waals surface area contributed by atoms with Gasteiger partial charge in [0.05, 0.1) is 12.2 Å². The van der Waals surface area contributed by atoms with Crippen LogP contribution in [0, 0.1) is 0 Å². The fraction of sp³-hybridized carbons (Fsp3) is 0.571. The lowest BCUT2D eigenvalue weighted by molar-refractivity contribution is -0.0249. The number of ether oxygens (including phenoxy) is 1. The average Bonchev–Trinajstić information content (AvgIpc) is 2.70. The molecule has 0 saturated heterocycles. The summed E-state index contributed by atoms with van der Waals surface area (Å²) in [6.45, 7) is 7.37. The monoisotopic (exact) mass is 236 g/mol. The normalized spacial score (nSPS) is 19.8. The van der Waals surface area contributed by atoms with Gasteiger partial charge in [-0.2, -0.15) is 0 Å². The Labute approximate surface area is 103 Å². The van der Waals surface area contributed by atoms with Crippen LogP contribution < -0.4 is 0 Å². The van der Waals surface area contributed by atoms with E-state index in [-0.39, 0.29) is 5.60 Å². The quantitative estimate of drug-likeness (QED) is 0.779. The van der Waals surface area contributed by atoms with E-state index in [1.54, 1.807) is 0 Å². The molecular weight excluding hydrogens is 216 g/mol. The first-order valence-electron chi connectivity index (χ1n) is 5.98. The zero-order valence-corrected chi connectivity index (χ0v) is 11.1. The first-order valence-corrected chi connectivity index (χ1v) is 6.96. The van der Waals surface area contributed by atoms with E-state index in [2.05, 4.69) is 45.0 Å². The van der Waals surface area contributed by atoms with Crippen LogP contribution in [-0.4, -0.2) is 18.0 Å². The summed E-state index contributed by atoms with van der Waals surface area (Å²) in [5.74, 6) is 1.74. The lowest BCUT2D eigenvalue weighted by Gasteiger charge is -2.25. The fourth-order valence-corrected chi connectivity index (χ4v) is 3.03. The van der Waals surface area contributed by atoms with E-state index >= 15 is 0 Å². The topological polar surface area (TPSA) is 9.23 Å². The molecule has 0 aliphatic carbocycles.